The minimum atomic E-state index is 0.245. The van der Waals surface area contributed by atoms with Gasteiger partial charge in [-0.05, 0) is 12.5 Å². The van der Waals surface area contributed by atoms with Gasteiger partial charge in [0.15, 0.2) is 0 Å². The van der Waals surface area contributed by atoms with Crippen LogP contribution in [0.4, 0.5) is 0 Å². The van der Waals surface area contributed by atoms with E-state index in [1.165, 1.54) is 0 Å². The quantitative estimate of drug-likeness (QED) is 0.560. The van der Waals surface area contributed by atoms with Crippen LogP contribution in [0.25, 0.3) is 0 Å². The molecule has 0 aromatic carbocycles. The summed E-state index contributed by atoms with van der Waals surface area (Å²) in [6.45, 7) is 7.25. The van der Waals surface area contributed by atoms with Crippen molar-refractivity contribution < 1.29 is 0 Å². The fraction of sp³-hybridized carbons (Fsp3) is 0.750. The minimum absolute atomic E-state index is 0.245. The van der Waals surface area contributed by atoms with Gasteiger partial charge in [0.05, 0.1) is 6.04 Å². The fourth-order valence-corrected chi connectivity index (χ4v) is 0.707. The van der Waals surface area contributed by atoms with E-state index in [1.54, 1.807) is 0 Å². The minimum Gasteiger partial charge on any atom is -0.304 e. The zero-order valence-electron chi connectivity index (χ0n) is 6.44. The summed E-state index contributed by atoms with van der Waals surface area (Å²) >= 11 is 0. The van der Waals surface area contributed by atoms with Crippen LogP contribution in [-0.4, -0.2) is 12.6 Å². The second-order valence-corrected chi connectivity index (χ2v) is 2.45. The summed E-state index contributed by atoms with van der Waals surface area (Å²) in [5, 5.41) is 3.20. The standard InChI is InChI=1S/C8H15N/c1-5-8(7(3)4)9-6-2/h1,7-9H,6H2,2-4H3. The van der Waals surface area contributed by atoms with E-state index >= 15 is 0 Å². The molecule has 0 saturated carbocycles. The van der Waals surface area contributed by atoms with Crippen LogP contribution < -0.4 is 5.32 Å². The Balaban J connectivity index is 3.58. The summed E-state index contributed by atoms with van der Waals surface area (Å²) < 4.78 is 0. The highest BCUT2D eigenvalue weighted by atomic mass is 14.9. The van der Waals surface area contributed by atoms with Gasteiger partial charge >= 0.3 is 0 Å². The first kappa shape index (κ1) is 8.52. The molecule has 0 bridgehead atoms. The van der Waals surface area contributed by atoms with Crippen LogP contribution in [0, 0.1) is 18.3 Å². The lowest BCUT2D eigenvalue weighted by atomic mass is 10.1. The molecule has 0 aliphatic rings. The van der Waals surface area contributed by atoms with Crippen LogP contribution >= 0.6 is 0 Å². The van der Waals surface area contributed by atoms with E-state index in [-0.39, 0.29) is 6.04 Å². The average molecular weight is 125 g/mol. The third kappa shape index (κ3) is 3.16. The Labute approximate surface area is 57.8 Å². The first-order valence-corrected chi connectivity index (χ1v) is 3.41. The zero-order chi connectivity index (χ0) is 7.28. The number of nitrogens with one attached hydrogen (secondary N) is 1. The summed E-state index contributed by atoms with van der Waals surface area (Å²) in [4.78, 5) is 0. The monoisotopic (exact) mass is 125 g/mol. The molecule has 0 spiro atoms. The van der Waals surface area contributed by atoms with Crippen LogP contribution in [-0.2, 0) is 0 Å². The molecule has 1 heteroatoms. The summed E-state index contributed by atoms with van der Waals surface area (Å²) in [5.41, 5.74) is 0. The van der Waals surface area contributed by atoms with Gasteiger partial charge in [-0.2, -0.15) is 0 Å². The maximum absolute atomic E-state index is 5.25. The van der Waals surface area contributed by atoms with E-state index in [1.807, 2.05) is 0 Å². The number of terminal acetylenes is 1. The molecule has 0 amide bonds. The molecule has 0 aromatic rings. The van der Waals surface area contributed by atoms with Crippen molar-refractivity contribution in [1.29, 1.82) is 0 Å². The van der Waals surface area contributed by atoms with E-state index in [0.717, 1.165) is 6.54 Å². The SMILES string of the molecule is C#CC(NCC)C(C)C. The van der Waals surface area contributed by atoms with Crippen LogP contribution in [0.1, 0.15) is 20.8 Å². The Kier molecular flexibility index (Phi) is 4.17. The summed E-state index contributed by atoms with van der Waals surface area (Å²) in [5.74, 6) is 3.23. The van der Waals surface area contributed by atoms with Gasteiger partial charge in [-0.25, -0.2) is 0 Å². The van der Waals surface area contributed by atoms with Crippen molar-refractivity contribution >= 4 is 0 Å². The molecule has 0 fully saturated rings. The summed E-state index contributed by atoms with van der Waals surface area (Å²) in [6, 6.07) is 0.245. The van der Waals surface area contributed by atoms with Crippen molar-refractivity contribution in [3.8, 4) is 12.3 Å². The van der Waals surface area contributed by atoms with Crippen molar-refractivity contribution in [3.05, 3.63) is 0 Å². The van der Waals surface area contributed by atoms with Gasteiger partial charge in [-0.1, -0.05) is 26.7 Å². The molecule has 1 unspecified atom stereocenters. The van der Waals surface area contributed by atoms with E-state index in [2.05, 4.69) is 32.0 Å². The summed E-state index contributed by atoms with van der Waals surface area (Å²) in [6.07, 6.45) is 5.25. The Bertz CT molecular complexity index is 99.6. The highest BCUT2D eigenvalue weighted by Crippen LogP contribution is 1.98. The van der Waals surface area contributed by atoms with E-state index in [0.29, 0.717) is 5.92 Å². The van der Waals surface area contributed by atoms with Gasteiger partial charge in [0.25, 0.3) is 0 Å². The molecular formula is C8H15N. The topological polar surface area (TPSA) is 12.0 Å². The van der Waals surface area contributed by atoms with Gasteiger partial charge < -0.3 is 5.32 Å². The molecule has 0 aliphatic heterocycles. The Hall–Kier alpha value is -0.480. The van der Waals surface area contributed by atoms with Crippen LogP contribution in [0.15, 0.2) is 0 Å². The van der Waals surface area contributed by atoms with Gasteiger partial charge in [-0.3, -0.25) is 0 Å². The lowest BCUT2D eigenvalue weighted by molar-refractivity contribution is 0.488. The molecule has 0 aliphatic carbocycles. The van der Waals surface area contributed by atoms with Gasteiger partial charge in [0.2, 0.25) is 0 Å². The van der Waals surface area contributed by atoms with Crippen molar-refractivity contribution in [1.82, 2.24) is 5.32 Å². The molecule has 0 saturated heterocycles. The maximum Gasteiger partial charge on any atom is 0.0710 e. The number of rotatable bonds is 3. The first-order chi connectivity index (χ1) is 4.22. The molecule has 0 rings (SSSR count). The van der Waals surface area contributed by atoms with Crippen molar-refractivity contribution in [2.45, 2.75) is 26.8 Å². The zero-order valence-corrected chi connectivity index (χ0v) is 6.44. The lowest BCUT2D eigenvalue weighted by Crippen LogP contribution is -2.31. The smallest absolute Gasteiger partial charge is 0.0710 e. The van der Waals surface area contributed by atoms with Crippen LogP contribution in [0.3, 0.4) is 0 Å². The lowest BCUT2D eigenvalue weighted by Gasteiger charge is -2.14. The third-order valence-corrected chi connectivity index (χ3v) is 1.27. The number of hydrogen-bond acceptors (Lipinski definition) is 1. The van der Waals surface area contributed by atoms with Crippen molar-refractivity contribution in [3.63, 3.8) is 0 Å². The molecule has 9 heavy (non-hydrogen) atoms. The second-order valence-electron chi connectivity index (χ2n) is 2.45. The molecule has 1 nitrogen and oxygen atoms in total. The highest BCUT2D eigenvalue weighted by Gasteiger charge is 2.05. The predicted octanol–water partition coefficient (Wildman–Crippen LogP) is 1.25. The second kappa shape index (κ2) is 4.40. The normalized spacial score (nSPS) is 13.2. The molecule has 0 radical (unpaired) electrons. The largest absolute Gasteiger partial charge is 0.304 e. The third-order valence-electron chi connectivity index (χ3n) is 1.27. The van der Waals surface area contributed by atoms with Crippen molar-refractivity contribution in [2.24, 2.45) is 5.92 Å². The molecular weight excluding hydrogens is 110 g/mol. The first-order valence-electron chi connectivity index (χ1n) is 3.41. The van der Waals surface area contributed by atoms with Crippen LogP contribution in [0.2, 0.25) is 0 Å². The van der Waals surface area contributed by atoms with E-state index in [4.69, 9.17) is 6.42 Å². The Morgan fingerprint density at radius 2 is 2.11 bits per heavy atom. The van der Waals surface area contributed by atoms with Gasteiger partial charge in [0, 0.05) is 0 Å². The number of hydrogen-bond donors (Lipinski definition) is 1. The maximum atomic E-state index is 5.25. The van der Waals surface area contributed by atoms with Crippen LogP contribution in [0.5, 0.6) is 0 Å². The predicted molar refractivity (Wildman–Crippen MR) is 41.1 cm³/mol. The molecule has 1 N–H and O–H groups in total. The van der Waals surface area contributed by atoms with Crippen molar-refractivity contribution in [2.75, 3.05) is 6.54 Å². The molecule has 52 valence electrons. The van der Waals surface area contributed by atoms with Gasteiger partial charge in [-0.15, -0.1) is 6.42 Å². The molecule has 0 heterocycles. The molecule has 1 atom stereocenters. The summed E-state index contributed by atoms with van der Waals surface area (Å²) in [7, 11) is 0. The Morgan fingerprint density at radius 3 is 2.22 bits per heavy atom. The average Bonchev–Trinajstić information content (AvgIpc) is 1.82. The van der Waals surface area contributed by atoms with E-state index in [9.17, 15) is 0 Å². The Morgan fingerprint density at radius 1 is 1.56 bits per heavy atom. The fourth-order valence-electron chi connectivity index (χ4n) is 0.707. The van der Waals surface area contributed by atoms with Gasteiger partial charge in [0.1, 0.15) is 0 Å². The molecule has 0 aromatic heterocycles. The highest BCUT2D eigenvalue weighted by molar-refractivity contribution is 4.99. The van der Waals surface area contributed by atoms with E-state index < -0.39 is 0 Å².